The molecule has 2 aromatic rings. The summed E-state index contributed by atoms with van der Waals surface area (Å²) in [6.45, 7) is 6.90. The van der Waals surface area contributed by atoms with Gasteiger partial charge >= 0.3 is 0 Å². The molecule has 0 amide bonds. The maximum Gasteiger partial charge on any atom is 0.128 e. The lowest BCUT2D eigenvalue weighted by Gasteiger charge is -2.07. The Bertz CT molecular complexity index is 649. The van der Waals surface area contributed by atoms with E-state index in [0.717, 1.165) is 35.5 Å². The van der Waals surface area contributed by atoms with Crippen molar-refractivity contribution < 1.29 is 9.47 Å². The fraction of sp³-hybridized carbons (Fsp3) is 0.364. The Morgan fingerprint density at radius 3 is 1.54 bits per heavy atom. The fourth-order valence-corrected chi connectivity index (χ4v) is 2.30. The van der Waals surface area contributed by atoms with Gasteiger partial charge in [-0.25, -0.2) is 0 Å². The molecule has 26 heavy (non-hydrogen) atoms. The molecule has 2 rings (SSSR count). The minimum Gasteiger partial charge on any atom is -0.493 e. The maximum atomic E-state index is 5.73. The number of ether oxygens (including phenoxy) is 2. The van der Waals surface area contributed by atoms with Crippen LogP contribution in [0, 0.1) is 0 Å². The first-order chi connectivity index (χ1) is 12.8. The van der Waals surface area contributed by atoms with Crippen LogP contribution in [-0.4, -0.2) is 38.7 Å². The first-order valence-electron chi connectivity index (χ1n) is 9.28. The highest BCUT2D eigenvalue weighted by Gasteiger charge is 2.00. The zero-order chi connectivity index (χ0) is 18.5. The Kier molecular flexibility index (Phi) is 8.98. The number of benzene rings is 2. The molecule has 0 spiro atoms. The van der Waals surface area contributed by atoms with E-state index in [1.54, 1.807) is 0 Å². The summed E-state index contributed by atoms with van der Waals surface area (Å²) in [5, 5.41) is 0. The van der Waals surface area contributed by atoms with E-state index in [0.29, 0.717) is 26.3 Å². The van der Waals surface area contributed by atoms with Crippen molar-refractivity contribution in [1.29, 1.82) is 0 Å². The molecule has 2 aromatic carbocycles. The highest BCUT2D eigenvalue weighted by Crippen LogP contribution is 2.17. The number of nitrogens with zero attached hydrogens (tertiary/aromatic N) is 2. The van der Waals surface area contributed by atoms with E-state index in [1.807, 2.05) is 61.0 Å². The molecule has 0 saturated carbocycles. The van der Waals surface area contributed by atoms with Crippen molar-refractivity contribution >= 4 is 12.4 Å². The van der Waals surface area contributed by atoms with Crippen LogP contribution in [0.25, 0.3) is 0 Å². The van der Waals surface area contributed by atoms with Gasteiger partial charge in [-0.1, -0.05) is 38.1 Å². The molecule has 0 N–H and O–H groups in total. The van der Waals surface area contributed by atoms with Crippen molar-refractivity contribution in [1.82, 2.24) is 0 Å². The van der Waals surface area contributed by atoms with Gasteiger partial charge in [0.1, 0.15) is 11.5 Å². The van der Waals surface area contributed by atoms with Crippen molar-refractivity contribution in [2.75, 3.05) is 26.3 Å². The lowest BCUT2D eigenvalue weighted by Crippen LogP contribution is -1.99. The van der Waals surface area contributed by atoms with Crippen LogP contribution in [0.1, 0.15) is 37.8 Å². The van der Waals surface area contributed by atoms with Crippen molar-refractivity contribution in [3.05, 3.63) is 59.7 Å². The largest absolute Gasteiger partial charge is 0.493 e. The number of para-hydroxylation sites is 2. The van der Waals surface area contributed by atoms with Gasteiger partial charge in [0.2, 0.25) is 0 Å². The number of hydrogen-bond donors (Lipinski definition) is 0. The summed E-state index contributed by atoms with van der Waals surface area (Å²) in [6, 6.07) is 15.9. The summed E-state index contributed by atoms with van der Waals surface area (Å²) < 4.78 is 11.5. The standard InChI is InChI=1S/C22H28N2O2/c1-3-15-25-21-11-7-5-9-19(21)17-23-13-14-24-18-20-10-6-8-12-22(20)26-16-4-2/h5-12,17-18H,3-4,13-16H2,1-2H3. The van der Waals surface area contributed by atoms with Gasteiger partial charge in [0.15, 0.2) is 0 Å². The summed E-state index contributed by atoms with van der Waals surface area (Å²) in [5.74, 6) is 1.76. The highest BCUT2D eigenvalue weighted by atomic mass is 16.5. The summed E-state index contributed by atoms with van der Waals surface area (Å²) in [7, 11) is 0. The Morgan fingerprint density at radius 1 is 0.692 bits per heavy atom. The van der Waals surface area contributed by atoms with E-state index in [4.69, 9.17) is 9.47 Å². The van der Waals surface area contributed by atoms with Gasteiger partial charge in [-0.05, 0) is 37.1 Å². The number of rotatable bonds is 11. The molecule has 0 fully saturated rings. The van der Waals surface area contributed by atoms with Crippen LogP contribution >= 0.6 is 0 Å². The molecule has 0 aliphatic heterocycles. The average Bonchev–Trinajstić information content (AvgIpc) is 2.69. The average molecular weight is 352 g/mol. The molecule has 0 atom stereocenters. The summed E-state index contributed by atoms with van der Waals surface area (Å²) in [6.07, 6.45) is 5.70. The van der Waals surface area contributed by atoms with E-state index < -0.39 is 0 Å². The van der Waals surface area contributed by atoms with Crippen molar-refractivity contribution in [3.8, 4) is 11.5 Å². The monoisotopic (exact) mass is 352 g/mol. The van der Waals surface area contributed by atoms with E-state index >= 15 is 0 Å². The van der Waals surface area contributed by atoms with Crippen molar-refractivity contribution in [3.63, 3.8) is 0 Å². The second-order valence-corrected chi connectivity index (χ2v) is 5.84. The molecular formula is C22H28N2O2. The first kappa shape index (κ1) is 19.7. The molecule has 0 heterocycles. The predicted molar refractivity (Wildman–Crippen MR) is 109 cm³/mol. The van der Waals surface area contributed by atoms with Crippen LogP contribution in [0.2, 0.25) is 0 Å². The van der Waals surface area contributed by atoms with Gasteiger partial charge in [-0.3, -0.25) is 9.98 Å². The van der Waals surface area contributed by atoms with E-state index in [9.17, 15) is 0 Å². The quantitative estimate of drug-likeness (QED) is 0.430. The predicted octanol–water partition coefficient (Wildman–Crippen LogP) is 4.80. The molecule has 0 aliphatic carbocycles. The van der Waals surface area contributed by atoms with Gasteiger partial charge in [-0.2, -0.15) is 0 Å². The molecule has 138 valence electrons. The normalized spacial score (nSPS) is 11.3. The molecule has 0 aliphatic rings. The molecular weight excluding hydrogens is 324 g/mol. The fourth-order valence-electron chi connectivity index (χ4n) is 2.30. The minimum absolute atomic E-state index is 0.636. The maximum absolute atomic E-state index is 5.73. The van der Waals surface area contributed by atoms with Crippen LogP contribution in [0.4, 0.5) is 0 Å². The second kappa shape index (κ2) is 11.9. The SMILES string of the molecule is CCCOc1ccccc1C=NCCN=Cc1ccccc1OCCC. The van der Waals surface area contributed by atoms with E-state index in [2.05, 4.69) is 23.8 Å². The minimum atomic E-state index is 0.636. The van der Waals surface area contributed by atoms with Gasteiger partial charge in [0.25, 0.3) is 0 Å². The van der Waals surface area contributed by atoms with Crippen LogP contribution in [0.5, 0.6) is 11.5 Å². The third kappa shape index (κ3) is 6.71. The second-order valence-electron chi connectivity index (χ2n) is 5.84. The Hall–Kier alpha value is -2.62. The summed E-state index contributed by atoms with van der Waals surface area (Å²) >= 11 is 0. The lowest BCUT2D eigenvalue weighted by molar-refractivity contribution is 0.317. The molecule has 4 nitrogen and oxygen atoms in total. The third-order valence-corrected chi connectivity index (χ3v) is 3.58. The smallest absolute Gasteiger partial charge is 0.128 e. The number of aliphatic imine (C=N–C) groups is 2. The topological polar surface area (TPSA) is 43.2 Å². The molecule has 0 aromatic heterocycles. The Morgan fingerprint density at radius 2 is 1.12 bits per heavy atom. The molecule has 0 radical (unpaired) electrons. The zero-order valence-corrected chi connectivity index (χ0v) is 15.7. The van der Waals surface area contributed by atoms with Crippen molar-refractivity contribution in [2.45, 2.75) is 26.7 Å². The zero-order valence-electron chi connectivity index (χ0n) is 15.7. The van der Waals surface area contributed by atoms with Crippen LogP contribution in [-0.2, 0) is 0 Å². The van der Waals surface area contributed by atoms with E-state index in [1.165, 1.54) is 0 Å². The van der Waals surface area contributed by atoms with Gasteiger partial charge in [0, 0.05) is 23.6 Å². The van der Waals surface area contributed by atoms with Crippen LogP contribution in [0.3, 0.4) is 0 Å². The van der Waals surface area contributed by atoms with Crippen LogP contribution in [0.15, 0.2) is 58.5 Å². The third-order valence-electron chi connectivity index (χ3n) is 3.58. The van der Waals surface area contributed by atoms with E-state index in [-0.39, 0.29) is 0 Å². The number of hydrogen-bond acceptors (Lipinski definition) is 4. The molecule has 0 saturated heterocycles. The Balaban J connectivity index is 1.85. The van der Waals surface area contributed by atoms with Crippen LogP contribution < -0.4 is 9.47 Å². The molecule has 0 unspecified atom stereocenters. The highest BCUT2D eigenvalue weighted by molar-refractivity contribution is 5.84. The summed E-state index contributed by atoms with van der Waals surface area (Å²) in [4.78, 5) is 8.93. The molecule has 4 heteroatoms. The van der Waals surface area contributed by atoms with Gasteiger partial charge < -0.3 is 9.47 Å². The molecule has 0 bridgehead atoms. The summed E-state index contributed by atoms with van der Waals surface area (Å²) in [5.41, 5.74) is 2.01. The van der Waals surface area contributed by atoms with Gasteiger partial charge in [0.05, 0.1) is 26.3 Å². The van der Waals surface area contributed by atoms with Crippen molar-refractivity contribution in [2.24, 2.45) is 9.98 Å². The Labute approximate surface area is 156 Å². The van der Waals surface area contributed by atoms with Gasteiger partial charge in [-0.15, -0.1) is 0 Å². The first-order valence-corrected chi connectivity index (χ1v) is 9.28. The lowest BCUT2D eigenvalue weighted by atomic mass is 10.2.